The van der Waals surface area contributed by atoms with E-state index in [1.165, 1.54) is 10.9 Å². The Kier molecular flexibility index (Phi) is 5.32. The first kappa shape index (κ1) is 18.5. The summed E-state index contributed by atoms with van der Waals surface area (Å²) in [6.45, 7) is 3.73. The molecule has 2 aromatic rings. The minimum atomic E-state index is -1.25. The van der Waals surface area contributed by atoms with Gasteiger partial charge in [-0.1, -0.05) is 13.8 Å². The van der Waals surface area contributed by atoms with Crippen LogP contribution in [0.15, 0.2) is 11.4 Å². The van der Waals surface area contributed by atoms with Gasteiger partial charge in [0.05, 0.1) is 12.9 Å². The number of aliphatic hydroxyl groups excluding tert-OH is 3. The summed E-state index contributed by atoms with van der Waals surface area (Å²) in [5.41, 5.74) is 9.29. The molecule has 0 aromatic carbocycles. The number of nitrogens with two attached hydrogens (primary N) is 1. The fourth-order valence-corrected chi connectivity index (χ4v) is 2.65. The van der Waals surface area contributed by atoms with E-state index >= 15 is 0 Å². The van der Waals surface area contributed by atoms with Crippen LogP contribution in [-0.2, 0) is 4.74 Å². The van der Waals surface area contributed by atoms with E-state index in [2.05, 4.69) is 39.3 Å². The number of ether oxygens (including phenoxy) is 1. The number of aliphatic hydroxyl groups is 3. The zero-order valence-electron chi connectivity index (χ0n) is 14.5. The topological polar surface area (TPSA) is 164 Å². The van der Waals surface area contributed by atoms with Crippen molar-refractivity contribution in [2.75, 3.05) is 17.8 Å². The molecule has 1 fully saturated rings. The molecule has 0 bridgehead atoms. The second-order valence-corrected chi connectivity index (χ2v) is 6.54. The summed E-state index contributed by atoms with van der Waals surface area (Å²) in [5.74, 6) is 0.785. The summed E-state index contributed by atoms with van der Waals surface area (Å²) >= 11 is 0. The van der Waals surface area contributed by atoms with Crippen LogP contribution in [0.5, 0.6) is 0 Å². The monoisotopic (exact) mass is 365 g/mol. The Morgan fingerprint density at radius 3 is 2.81 bits per heavy atom. The van der Waals surface area contributed by atoms with Crippen molar-refractivity contribution >= 4 is 29.1 Å². The zero-order chi connectivity index (χ0) is 18.8. The average molecular weight is 365 g/mol. The summed E-state index contributed by atoms with van der Waals surface area (Å²) in [6.07, 6.45) is -0.421. The molecule has 1 saturated heterocycles. The lowest BCUT2D eigenvalue weighted by atomic mass is 10.1. The number of imidazole rings is 1. The zero-order valence-corrected chi connectivity index (χ0v) is 14.5. The van der Waals surface area contributed by atoms with Crippen LogP contribution in [0.4, 0.5) is 11.8 Å². The van der Waals surface area contributed by atoms with Crippen LogP contribution in [0.3, 0.4) is 0 Å². The van der Waals surface area contributed by atoms with Gasteiger partial charge >= 0.3 is 0 Å². The lowest BCUT2D eigenvalue weighted by Crippen LogP contribution is -2.33. The molecule has 1 aliphatic rings. The van der Waals surface area contributed by atoms with Crippen molar-refractivity contribution in [3.05, 3.63) is 6.33 Å². The highest BCUT2D eigenvalue weighted by molar-refractivity contribution is 5.83. The maximum absolute atomic E-state index is 10.2. The number of rotatable bonds is 6. The maximum atomic E-state index is 10.2. The van der Waals surface area contributed by atoms with Crippen molar-refractivity contribution in [1.29, 1.82) is 0 Å². The van der Waals surface area contributed by atoms with E-state index in [1.54, 1.807) is 6.21 Å². The van der Waals surface area contributed by atoms with Gasteiger partial charge in [0.15, 0.2) is 17.7 Å². The minimum Gasteiger partial charge on any atom is -0.394 e. The summed E-state index contributed by atoms with van der Waals surface area (Å²) in [4.78, 5) is 12.6. The molecule has 11 heteroatoms. The van der Waals surface area contributed by atoms with E-state index in [0.29, 0.717) is 17.1 Å². The van der Waals surface area contributed by atoms with Crippen molar-refractivity contribution < 1.29 is 20.1 Å². The maximum Gasteiger partial charge on any atom is 0.247 e. The molecule has 0 radical (unpaired) electrons. The summed E-state index contributed by atoms with van der Waals surface area (Å²) in [6, 6.07) is 0. The molecule has 0 spiro atoms. The highest BCUT2D eigenvalue weighted by Gasteiger charge is 2.44. The number of nitrogens with zero attached hydrogens (tertiary/aromatic N) is 5. The highest BCUT2D eigenvalue weighted by Crippen LogP contribution is 2.32. The number of hydrazone groups is 1. The molecule has 26 heavy (non-hydrogen) atoms. The Balaban J connectivity index is 1.89. The van der Waals surface area contributed by atoms with E-state index in [9.17, 15) is 15.3 Å². The quantitative estimate of drug-likeness (QED) is 0.334. The van der Waals surface area contributed by atoms with E-state index in [4.69, 9.17) is 10.5 Å². The first-order chi connectivity index (χ1) is 12.4. The number of nitrogen functional groups attached to an aromatic ring is 1. The Labute approximate surface area is 149 Å². The third-order valence-corrected chi connectivity index (χ3v) is 4.07. The Morgan fingerprint density at radius 2 is 2.15 bits per heavy atom. The molecule has 3 heterocycles. The van der Waals surface area contributed by atoms with Gasteiger partial charge in [0.25, 0.3) is 0 Å². The van der Waals surface area contributed by atoms with Crippen molar-refractivity contribution in [3.63, 3.8) is 0 Å². The highest BCUT2D eigenvalue weighted by atomic mass is 16.6. The van der Waals surface area contributed by atoms with Crippen LogP contribution >= 0.6 is 0 Å². The predicted molar refractivity (Wildman–Crippen MR) is 94.3 cm³/mol. The van der Waals surface area contributed by atoms with Gasteiger partial charge in [-0.15, -0.1) is 0 Å². The summed E-state index contributed by atoms with van der Waals surface area (Å²) < 4.78 is 6.96. The number of aromatic nitrogens is 4. The first-order valence-corrected chi connectivity index (χ1v) is 8.32. The summed E-state index contributed by atoms with van der Waals surface area (Å²) in [7, 11) is 0. The van der Waals surface area contributed by atoms with Gasteiger partial charge in [-0.3, -0.25) is 4.57 Å². The summed E-state index contributed by atoms with van der Waals surface area (Å²) in [5, 5.41) is 33.4. The van der Waals surface area contributed by atoms with Crippen molar-refractivity contribution in [2.45, 2.75) is 44.8 Å². The molecule has 142 valence electrons. The number of hydrogen-bond donors (Lipinski definition) is 5. The van der Waals surface area contributed by atoms with Gasteiger partial charge in [0.1, 0.15) is 23.8 Å². The second kappa shape index (κ2) is 7.50. The van der Waals surface area contributed by atoms with Gasteiger partial charge in [-0.25, -0.2) is 10.4 Å². The lowest BCUT2D eigenvalue weighted by Gasteiger charge is -2.16. The number of nitrogens with one attached hydrogen (secondary N) is 1. The lowest BCUT2D eigenvalue weighted by molar-refractivity contribution is -0.0511. The standard InChI is InChI=1S/C15H23N7O4/c1-7(2)3-4-18-21-15-19-12(16)9-13(20-15)22(6-17-9)14-11(25)10(24)8(5-23)26-14/h4,6-8,10-11,14,23-25H,3,5H2,1-2H3,(H3,16,19,20,21)/b18-4-/t8?,10-,11?,14?/m1/s1. The van der Waals surface area contributed by atoms with E-state index in [-0.39, 0.29) is 11.8 Å². The van der Waals surface area contributed by atoms with Crippen LogP contribution in [0.2, 0.25) is 0 Å². The third-order valence-electron chi connectivity index (χ3n) is 4.07. The average Bonchev–Trinajstić information content (AvgIpc) is 3.14. The predicted octanol–water partition coefficient (Wildman–Crippen LogP) is -0.536. The Morgan fingerprint density at radius 1 is 1.38 bits per heavy atom. The molecule has 6 N–H and O–H groups in total. The number of anilines is 2. The molecular weight excluding hydrogens is 342 g/mol. The molecule has 0 saturated carbocycles. The van der Waals surface area contributed by atoms with Crippen LogP contribution in [-0.4, -0.2) is 66.0 Å². The largest absolute Gasteiger partial charge is 0.394 e. The van der Waals surface area contributed by atoms with E-state index in [0.717, 1.165) is 6.42 Å². The molecule has 3 unspecified atom stereocenters. The molecule has 3 rings (SSSR count). The molecule has 2 aromatic heterocycles. The molecule has 0 amide bonds. The van der Waals surface area contributed by atoms with E-state index < -0.39 is 31.1 Å². The van der Waals surface area contributed by atoms with Gasteiger partial charge < -0.3 is 25.8 Å². The number of hydrogen-bond acceptors (Lipinski definition) is 10. The Bertz CT molecular complexity index is 794. The van der Waals surface area contributed by atoms with Crippen molar-refractivity contribution in [3.8, 4) is 0 Å². The first-order valence-electron chi connectivity index (χ1n) is 8.32. The third kappa shape index (κ3) is 3.46. The smallest absolute Gasteiger partial charge is 0.247 e. The van der Waals surface area contributed by atoms with E-state index in [1.807, 2.05) is 0 Å². The molecule has 11 nitrogen and oxygen atoms in total. The fraction of sp³-hybridized carbons (Fsp3) is 0.600. The van der Waals surface area contributed by atoms with Crippen LogP contribution in [0, 0.1) is 5.92 Å². The van der Waals surface area contributed by atoms with Gasteiger partial charge in [0, 0.05) is 6.21 Å². The molecular formula is C15H23N7O4. The fourth-order valence-electron chi connectivity index (χ4n) is 2.65. The minimum absolute atomic E-state index is 0.141. The Hall–Kier alpha value is -2.34. The van der Waals surface area contributed by atoms with Crippen LogP contribution < -0.4 is 11.2 Å². The SMILES string of the molecule is CC(C)C/C=N\Nc1nc(N)c2ncn(C3OC(CO)[C@@H](O)C3O)c2n1. The normalized spacial score (nSPS) is 26.4. The van der Waals surface area contributed by atoms with Gasteiger partial charge in [-0.05, 0) is 12.3 Å². The molecule has 1 aliphatic heterocycles. The molecule has 4 atom stereocenters. The van der Waals surface area contributed by atoms with Crippen LogP contribution in [0.25, 0.3) is 11.2 Å². The number of fused-ring (bicyclic) bond motifs is 1. The van der Waals surface area contributed by atoms with Crippen molar-refractivity contribution in [1.82, 2.24) is 19.5 Å². The molecule has 0 aliphatic carbocycles. The van der Waals surface area contributed by atoms with Gasteiger partial charge in [-0.2, -0.15) is 15.1 Å². The van der Waals surface area contributed by atoms with Crippen LogP contribution in [0.1, 0.15) is 26.5 Å². The second-order valence-electron chi connectivity index (χ2n) is 6.54. The van der Waals surface area contributed by atoms with Crippen molar-refractivity contribution in [2.24, 2.45) is 11.0 Å². The van der Waals surface area contributed by atoms with Gasteiger partial charge in [0.2, 0.25) is 5.95 Å².